The smallest absolute Gasteiger partial charge is 0.247 e. The van der Waals surface area contributed by atoms with E-state index in [4.69, 9.17) is 14.2 Å². The van der Waals surface area contributed by atoms with Gasteiger partial charge in [0.05, 0.1) is 0 Å². The summed E-state index contributed by atoms with van der Waals surface area (Å²) in [4.78, 5) is 28.9. The van der Waals surface area contributed by atoms with Gasteiger partial charge < -0.3 is 24.4 Å². The first-order valence-corrected chi connectivity index (χ1v) is 15.6. The highest BCUT2D eigenvalue weighted by atomic mass is 19.1. The third kappa shape index (κ3) is 8.01. The second kappa shape index (κ2) is 14.3. The van der Waals surface area contributed by atoms with Gasteiger partial charge in [-0.3, -0.25) is 9.59 Å². The third-order valence-electron chi connectivity index (χ3n) is 8.33. The number of hydrogen-bond acceptors (Lipinski definition) is 5. The maximum atomic E-state index is 13.6. The van der Waals surface area contributed by atoms with E-state index in [2.05, 4.69) is 17.4 Å². The molecule has 0 aliphatic carbocycles. The van der Waals surface area contributed by atoms with E-state index in [1.165, 1.54) is 17.7 Å². The van der Waals surface area contributed by atoms with E-state index in [1.807, 2.05) is 36.4 Å². The molecular weight excluding hydrogens is 571 g/mol. The number of halogens is 1. The Labute approximate surface area is 262 Å². The second-order valence-electron chi connectivity index (χ2n) is 11.6. The van der Waals surface area contributed by atoms with Crippen molar-refractivity contribution in [3.05, 3.63) is 114 Å². The van der Waals surface area contributed by atoms with E-state index in [-0.39, 0.29) is 23.5 Å². The zero-order valence-corrected chi connectivity index (χ0v) is 25.1. The zero-order valence-electron chi connectivity index (χ0n) is 25.1. The van der Waals surface area contributed by atoms with Crippen LogP contribution in [-0.2, 0) is 22.4 Å². The van der Waals surface area contributed by atoms with Gasteiger partial charge in [-0.15, -0.1) is 0 Å². The first kappa shape index (κ1) is 30.2. The monoisotopic (exact) mass is 608 g/mol. The van der Waals surface area contributed by atoms with E-state index in [1.54, 1.807) is 41.3 Å². The highest BCUT2D eigenvalue weighted by Crippen LogP contribution is 2.32. The van der Waals surface area contributed by atoms with Gasteiger partial charge in [-0.2, -0.15) is 0 Å². The number of likely N-dealkylation sites (tertiary alicyclic amines) is 1. The summed E-state index contributed by atoms with van der Waals surface area (Å²) < 4.78 is 30.3. The number of carbonyl (C=O) groups excluding carboxylic acids is 2. The van der Waals surface area contributed by atoms with E-state index >= 15 is 0 Å². The molecule has 0 radical (unpaired) electrons. The molecular formula is C37H37FN2O5. The SMILES string of the molecule is O=C(Nc1ccc(Oc2ccc(F)cc2)cc1)C1CC(CCc2ccccc2)CN1C(=O)CCCc1ccc2c(c1)OCCO2. The summed E-state index contributed by atoms with van der Waals surface area (Å²) in [5.41, 5.74) is 2.96. The number of benzene rings is 4. The lowest BCUT2D eigenvalue weighted by molar-refractivity contribution is -0.136. The minimum absolute atomic E-state index is 0.00190. The van der Waals surface area contributed by atoms with Crippen LogP contribution in [0.3, 0.4) is 0 Å². The quantitative estimate of drug-likeness (QED) is 0.195. The summed E-state index contributed by atoms with van der Waals surface area (Å²) in [6.45, 7) is 1.65. The number of amides is 2. The molecule has 2 atom stereocenters. The molecule has 2 unspecified atom stereocenters. The maximum absolute atomic E-state index is 13.6. The molecule has 2 amide bonds. The van der Waals surface area contributed by atoms with Gasteiger partial charge in [-0.1, -0.05) is 36.4 Å². The number of ether oxygens (including phenoxy) is 3. The van der Waals surface area contributed by atoms with Gasteiger partial charge in [0.1, 0.15) is 36.6 Å². The molecule has 0 aromatic heterocycles. The van der Waals surface area contributed by atoms with Crippen molar-refractivity contribution in [2.45, 2.75) is 44.6 Å². The number of nitrogens with one attached hydrogen (secondary N) is 1. The Bertz CT molecular complexity index is 1590. The van der Waals surface area contributed by atoms with Crippen molar-refractivity contribution < 1.29 is 28.2 Å². The van der Waals surface area contributed by atoms with Crippen molar-refractivity contribution in [3.63, 3.8) is 0 Å². The van der Waals surface area contributed by atoms with Gasteiger partial charge in [0.2, 0.25) is 11.8 Å². The molecule has 6 rings (SSSR count). The summed E-state index contributed by atoms with van der Waals surface area (Å²) in [6, 6.07) is 28.5. The number of carbonyl (C=O) groups is 2. The van der Waals surface area contributed by atoms with E-state index < -0.39 is 6.04 Å². The number of hydrogen-bond donors (Lipinski definition) is 1. The highest BCUT2D eigenvalue weighted by molar-refractivity contribution is 5.97. The topological polar surface area (TPSA) is 77.1 Å². The van der Waals surface area contributed by atoms with E-state index in [9.17, 15) is 14.0 Å². The van der Waals surface area contributed by atoms with Crippen molar-refractivity contribution in [2.24, 2.45) is 5.92 Å². The standard InChI is InChI=1S/C37H37FN2O5/c38-29-12-16-31(17-13-29)45-32-18-14-30(15-19-32)39-37(42)33-23-28(10-9-26-5-2-1-3-6-26)25-40(33)36(41)8-4-7-27-11-20-34-35(24-27)44-22-21-43-34/h1-3,5-6,11-20,24,28,33H,4,7-10,21-23,25H2,(H,39,42). The van der Waals surface area contributed by atoms with Crippen LogP contribution in [0.15, 0.2) is 97.1 Å². The molecule has 0 spiro atoms. The van der Waals surface area contributed by atoms with Crippen molar-refractivity contribution in [1.29, 1.82) is 0 Å². The number of anilines is 1. The van der Waals surface area contributed by atoms with Crippen LogP contribution in [0.2, 0.25) is 0 Å². The van der Waals surface area contributed by atoms with Gasteiger partial charge >= 0.3 is 0 Å². The molecule has 1 saturated heterocycles. The fraction of sp³-hybridized carbons (Fsp3) is 0.297. The van der Waals surface area contributed by atoms with Crippen LogP contribution in [0.5, 0.6) is 23.0 Å². The average molecular weight is 609 g/mol. The molecule has 2 heterocycles. The Morgan fingerprint density at radius 1 is 0.822 bits per heavy atom. The first-order chi connectivity index (χ1) is 22.0. The van der Waals surface area contributed by atoms with Crippen molar-refractivity contribution >= 4 is 17.5 Å². The number of fused-ring (bicyclic) bond motifs is 1. The predicted octanol–water partition coefficient (Wildman–Crippen LogP) is 7.20. The predicted molar refractivity (Wildman–Crippen MR) is 170 cm³/mol. The fourth-order valence-corrected chi connectivity index (χ4v) is 5.97. The Morgan fingerprint density at radius 3 is 2.29 bits per heavy atom. The van der Waals surface area contributed by atoms with Gasteiger partial charge in [0, 0.05) is 18.7 Å². The lowest BCUT2D eigenvalue weighted by atomic mass is 9.97. The molecule has 1 fully saturated rings. The van der Waals surface area contributed by atoms with Gasteiger partial charge in [0.25, 0.3) is 0 Å². The molecule has 232 valence electrons. The molecule has 8 heteroatoms. The lowest BCUT2D eigenvalue weighted by Gasteiger charge is -2.24. The Balaban J connectivity index is 1.08. The van der Waals surface area contributed by atoms with Crippen LogP contribution in [0.4, 0.5) is 10.1 Å². The van der Waals surface area contributed by atoms with Crippen LogP contribution >= 0.6 is 0 Å². The average Bonchev–Trinajstić information content (AvgIpc) is 3.51. The summed E-state index contributed by atoms with van der Waals surface area (Å²) in [5.74, 6) is 2.29. The van der Waals surface area contributed by atoms with E-state index in [0.717, 1.165) is 36.3 Å². The molecule has 2 aliphatic rings. The summed E-state index contributed by atoms with van der Waals surface area (Å²) in [7, 11) is 0. The molecule has 0 bridgehead atoms. The number of rotatable bonds is 11. The molecule has 1 N–H and O–H groups in total. The first-order valence-electron chi connectivity index (χ1n) is 15.6. The van der Waals surface area contributed by atoms with Crippen LogP contribution in [-0.4, -0.2) is 42.5 Å². The fourth-order valence-electron chi connectivity index (χ4n) is 5.97. The molecule has 7 nitrogen and oxygen atoms in total. The molecule has 4 aromatic carbocycles. The molecule has 4 aromatic rings. The van der Waals surface area contributed by atoms with Gasteiger partial charge in [-0.25, -0.2) is 4.39 Å². The minimum atomic E-state index is -0.539. The molecule has 45 heavy (non-hydrogen) atoms. The second-order valence-corrected chi connectivity index (χ2v) is 11.6. The minimum Gasteiger partial charge on any atom is -0.486 e. The van der Waals surface area contributed by atoms with Crippen molar-refractivity contribution in [1.82, 2.24) is 4.90 Å². The summed E-state index contributed by atoms with van der Waals surface area (Å²) in [5, 5.41) is 3.01. The summed E-state index contributed by atoms with van der Waals surface area (Å²) >= 11 is 0. The summed E-state index contributed by atoms with van der Waals surface area (Å²) in [6.07, 6.45) is 4.20. The van der Waals surface area contributed by atoms with Crippen LogP contribution < -0.4 is 19.5 Å². The van der Waals surface area contributed by atoms with E-state index in [0.29, 0.717) is 56.2 Å². The van der Waals surface area contributed by atoms with Crippen molar-refractivity contribution in [2.75, 3.05) is 25.1 Å². The Morgan fingerprint density at radius 2 is 1.53 bits per heavy atom. The lowest BCUT2D eigenvalue weighted by Crippen LogP contribution is -2.43. The van der Waals surface area contributed by atoms with Crippen LogP contribution in [0, 0.1) is 11.7 Å². The van der Waals surface area contributed by atoms with Crippen LogP contribution in [0.25, 0.3) is 0 Å². The van der Waals surface area contributed by atoms with Crippen LogP contribution in [0.1, 0.15) is 36.8 Å². The number of nitrogens with zero attached hydrogens (tertiary/aromatic N) is 1. The Kier molecular flexibility index (Phi) is 9.59. The largest absolute Gasteiger partial charge is 0.486 e. The van der Waals surface area contributed by atoms with Gasteiger partial charge in [-0.05, 0) is 110 Å². The normalized spacial score (nSPS) is 17.1. The molecule has 0 saturated carbocycles. The maximum Gasteiger partial charge on any atom is 0.247 e. The van der Waals surface area contributed by atoms with Crippen molar-refractivity contribution in [3.8, 4) is 23.0 Å². The Hall–Kier alpha value is -4.85. The van der Waals surface area contributed by atoms with Gasteiger partial charge in [0.15, 0.2) is 11.5 Å². The third-order valence-corrected chi connectivity index (χ3v) is 8.33. The zero-order chi connectivity index (χ0) is 31.0. The highest BCUT2D eigenvalue weighted by Gasteiger charge is 2.39. The number of aryl methyl sites for hydroxylation is 2. The molecule has 2 aliphatic heterocycles.